The summed E-state index contributed by atoms with van der Waals surface area (Å²) in [6, 6.07) is 10.8. The van der Waals surface area contributed by atoms with Crippen molar-refractivity contribution in [3.05, 3.63) is 35.4 Å². The standard InChI is InChI=1S/C18H24N2/c1-2-4-14-8-18(7-13(14)3-1)20-11-15-9-19(17-5-6-17)10-16(15)12-20/h1-4,15-18H,5-12H2. The largest absolute Gasteiger partial charge is 0.300 e. The second kappa shape index (κ2) is 4.32. The minimum absolute atomic E-state index is 0.798. The molecule has 2 aliphatic carbocycles. The van der Waals surface area contributed by atoms with Crippen LogP contribution < -0.4 is 0 Å². The van der Waals surface area contributed by atoms with Crippen molar-refractivity contribution in [2.45, 2.75) is 37.8 Å². The molecule has 2 unspecified atom stereocenters. The van der Waals surface area contributed by atoms with E-state index in [2.05, 4.69) is 34.1 Å². The SMILES string of the molecule is c1ccc2c(c1)CC(N1CC3CN(C4CC4)CC3C1)C2. The topological polar surface area (TPSA) is 6.48 Å². The molecule has 0 amide bonds. The lowest BCUT2D eigenvalue weighted by atomic mass is 10.0. The first-order valence-corrected chi connectivity index (χ1v) is 8.42. The maximum atomic E-state index is 2.82. The lowest BCUT2D eigenvalue weighted by Gasteiger charge is -2.26. The van der Waals surface area contributed by atoms with Crippen molar-refractivity contribution in [1.82, 2.24) is 9.80 Å². The van der Waals surface area contributed by atoms with Crippen LogP contribution in [-0.4, -0.2) is 48.1 Å². The van der Waals surface area contributed by atoms with Gasteiger partial charge in [0, 0.05) is 38.3 Å². The van der Waals surface area contributed by atoms with Crippen molar-refractivity contribution in [3.63, 3.8) is 0 Å². The van der Waals surface area contributed by atoms with Crippen LogP contribution in [0.15, 0.2) is 24.3 Å². The highest BCUT2D eigenvalue weighted by Crippen LogP contribution is 2.39. The van der Waals surface area contributed by atoms with Crippen molar-refractivity contribution < 1.29 is 0 Å². The summed E-state index contributed by atoms with van der Waals surface area (Å²) in [7, 11) is 0. The van der Waals surface area contributed by atoms with E-state index in [4.69, 9.17) is 0 Å². The molecular weight excluding hydrogens is 244 g/mol. The van der Waals surface area contributed by atoms with Gasteiger partial charge in [0.25, 0.3) is 0 Å². The van der Waals surface area contributed by atoms with Gasteiger partial charge in [0.2, 0.25) is 0 Å². The van der Waals surface area contributed by atoms with E-state index in [1.165, 1.54) is 51.9 Å². The monoisotopic (exact) mass is 268 g/mol. The molecule has 0 N–H and O–H groups in total. The Balaban J connectivity index is 1.25. The van der Waals surface area contributed by atoms with Crippen molar-refractivity contribution in [3.8, 4) is 0 Å². The van der Waals surface area contributed by atoms with Crippen LogP contribution in [0, 0.1) is 11.8 Å². The third kappa shape index (κ3) is 1.85. The minimum atomic E-state index is 0.798. The molecule has 1 aromatic rings. The molecule has 3 fully saturated rings. The van der Waals surface area contributed by atoms with E-state index in [1.54, 1.807) is 11.1 Å². The van der Waals surface area contributed by atoms with Crippen LogP contribution in [0.4, 0.5) is 0 Å². The van der Waals surface area contributed by atoms with Gasteiger partial charge in [-0.05, 0) is 48.6 Å². The number of rotatable bonds is 2. The first kappa shape index (κ1) is 11.8. The molecule has 0 spiro atoms. The second-order valence-corrected chi connectivity index (χ2v) is 7.49. The zero-order valence-electron chi connectivity index (χ0n) is 12.2. The first-order valence-electron chi connectivity index (χ1n) is 8.42. The average Bonchev–Trinajstić information content (AvgIpc) is 2.93. The number of likely N-dealkylation sites (tertiary alicyclic amines) is 2. The molecule has 2 aliphatic heterocycles. The lowest BCUT2D eigenvalue weighted by molar-refractivity contribution is 0.204. The molecule has 2 saturated heterocycles. The first-order chi connectivity index (χ1) is 9.87. The van der Waals surface area contributed by atoms with E-state index in [1.807, 2.05) is 0 Å². The zero-order valence-corrected chi connectivity index (χ0v) is 12.2. The molecule has 1 aromatic carbocycles. The molecule has 4 aliphatic rings. The quantitative estimate of drug-likeness (QED) is 0.811. The molecule has 2 nitrogen and oxygen atoms in total. The van der Waals surface area contributed by atoms with Crippen LogP contribution in [0.2, 0.25) is 0 Å². The predicted molar refractivity (Wildman–Crippen MR) is 80.8 cm³/mol. The Hall–Kier alpha value is -0.860. The van der Waals surface area contributed by atoms with Crippen LogP contribution in [0.25, 0.3) is 0 Å². The van der Waals surface area contributed by atoms with E-state index < -0.39 is 0 Å². The molecule has 5 rings (SSSR count). The summed E-state index contributed by atoms with van der Waals surface area (Å²) in [5, 5.41) is 0. The Morgan fingerprint density at radius 2 is 1.20 bits per heavy atom. The van der Waals surface area contributed by atoms with Gasteiger partial charge in [0.15, 0.2) is 0 Å². The fraction of sp³-hybridized carbons (Fsp3) is 0.667. The van der Waals surface area contributed by atoms with Crippen LogP contribution in [0.3, 0.4) is 0 Å². The normalized spacial score (nSPS) is 34.6. The predicted octanol–water partition coefficient (Wildman–Crippen LogP) is 2.18. The fourth-order valence-electron chi connectivity index (χ4n) is 4.90. The molecule has 0 radical (unpaired) electrons. The molecule has 2 heterocycles. The number of benzene rings is 1. The zero-order chi connectivity index (χ0) is 13.1. The van der Waals surface area contributed by atoms with Crippen LogP contribution in [0.1, 0.15) is 24.0 Å². The highest BCUT2D eigenvalue weighted by atomic mass is 15.3. The maximum Gasteiger partial charge on any atom is 0.0176 e. The lowest BCUT2D eigenvalue weighted by Crippen LogP contribution is -2.37. The molecular formula is C18H24N2. The number of nitrogens with zero attached hydrogens (tertiary/aromatic N) is 2. The van der Waals surface area contributed by atoms with Crippen LogP contribution in [-0.2, 0) is 12.8 Å². The summed E-state index contributed by atoms with van der Waals surface area (Å²) in [5.41, 5.74) is 3.21. The van der Waals surface area contributed by atoms with E-state index >= 15 is 0 Å². The Bertz CT molecular complexity index is 483. The molecule has 2 atom stereocenters. The van der Waals surface area contributed by atoms with Gasteiger partial charge in [-0.1, -0.05) is 24.3 Å². The third-order valence-electron chi connectivity index (χ3n) is 6.15. The molecule has 1 saturated carbocycles. The average molecular weight is 268 g/mol. The smallest absolute Gasteiger partial charge is 0.0176 e. The highest BCUT2D eigenvalue weighted by Gasteiger charge is 2.45. The fourth-order valence-corrected chi connectivity index (χ4v) is 4.90. The molecule has 20 heavy (non-hydrogen) atoms. The number of hydrogen-bond donors (Lipinski definition) is 0. The van der Waals surface area contributed by atoms with Crippen molar-refractivity contribution in [2.75, 3.05) is 26.2 Å². The Labute approximate surface area is 121 Å². The number of fused-ring (bicyclic) bond motifs is 2. The van der Waals surface area contributed by atoms with E-state index in [0.29, 0.717) is 0 Å². The summed E-state index contributed by atoms with van der Waals surface area (Å²) in [6.07, 6.45) is 5.53. The molecule has 2 heteroatoms. The van der Waals surface area contributed by atoms with Gasteiger partial charge >= 0.3 is 0 Å². The van der Waals surface area contributed by atoms with Gasteiger partial charge in [-0.15, -0.1) is 0 Å². The molecule has 0 aromatic heterocycles. The van der Waals surface area contributed by atoms with Gasteiger partial charge in [0.05, 0.1) is 0 Å². The highest BCUT2D eigenvalue weighted by molar-refractivity contribution is 5.33. The number of hydrogen-bond acceptors (Lipinski definition) is 2. The minimum Gasteiger partial charge on any atom is -0.300 e. The third-order valence-corrected chi connectivity index (χ3v) is 6.15. The van der Waals surface area contributed by atoms with E-state index in [-0.39, 0.29) is 0 Å². The Kier molecular flexibility index (Phi) is 2.54. The van der Waals surface area contributed by atoms with Crippen LogP contribution in [0.5, 0.6) is 0 Å². The van der Waals surface area contributed by atoms with Gasteiger partial charge in [0.1, 0.15) is 0 Å². The van der Waals surface area contributed by atoms with Crippen molar-refractivity contribution >= 4 is 0 Å². The maximum absolute atomic E-state index is 2.82. The summed E-state index contributed by atoms with van der Waals surface area (Å²) < 4.78 is 0. The molecule has 0 bridgehead atoms. The van der Waals surface area contributed by atoms with Crippen LogP contribution >= 0.6 is 0 Å². The molecule has 106 valence electrons. The van der Waals surface area contributed by atoms with Gasteiger partial charge in [-0.3, -0.25) is 9.80 Å². The van der Waals surface area contributed by atoms with Gasteiger partial charge in [-0.25, -0.2) is 0 Å². The van der Waals surface area contributed by atoms with Crippen molar-refractivity contribution in [2.24, 2.45) is 11.8 Å². The van der Waals surface area contributed by atoms with Gasteiger partial charge < -0.3 is 0 Å². The summed E-state index contributed by atoms with van der Waals surface area (Å²) in [6.45, 7) is 5.52. The Morgan fingerprint density at radius 1 is 0.700 bits per heavy atom. The summed E-state index contributed by atoms with van der Waals surface area (Å²) in [5.74, 6) is 1.94. The van der Waals surface area contributed by atoms with Crippen molar-refractivity contribution in [1.29, 1.82) is 0 Å². The second-order valence-electron chi connectivity index (χ2n) is 7.49. The Morgan fingerprint density at radius 3 is 1.70 bits per heavy atom. The summed E-state index contributed by atoms with van der Waals surface area (Å²) in [4.78, 5) is 5.61. The van der Waals surface area contributed by atoms with E-state index in [9.17, 15) is 0 Å². The van der Waals surface area contributed by atoms with Gasteiger partial charge in [-0.2, -0.15) is 0 Å². The van der Waals surface area contributed by atoms with E-state index in [0.717, 1.165) is 23.9 Å². The summed E-state index contributed by atoms with van der Waals surface area (Å²) >= 11 is 0.